The molecule has 0 aliphatic heterocycles. The lowest BCUT2D eigenvalue weighted by molar-refractivity contribution is -0.185. The number of carbonyl (C=O) groups excluding carboxylic acids is 4. The van der Waals surface area contributed by atoms with Crippen molar-refractivity contribution in [2.75, 3.05) is 19.6 Å². The fourth-order valence-corrected chi connectivity index (χ4v) is 0.937. The Morgan fingerprint density at radius 1 is 1.11 bits per heavy atom. The van der Waals surface area contributed by atoms with Gasteiger partial charge in [0, 0.05) is 5.92 Å². The summed E-state index contributed by atoms with van der Waals surface area (Å²) in [5.74, 6) is -2.67. The Bertz CT molecular complexity index is 357. The van der Waals surface area contributed by atoms with E-state index >= 15 is 0 Å². The molecular formula is C10H17N3O6. The van der Waals surface area contributed by atoms with E-state index in [0.717, 1.165) is 0 Å². The zero-order valence-corrected chi connectivity index (χ0v) is 10.7. The third-order valence-electron chi connectivity index (χ3n) is 2.15. The highest BCUT2D eigenvalue weighted by atomic mass is 16.5. The Morgan fingerprint density at radius 2 is 1.63 bits per heavy atom. The SMILES string of the molecule is CC(C)C(=O)CN(O)C(=O)CN(O)C(=O)CNC=O. The van der Waals surface area contributed by atoms with Crippen molar-refractivity contribution < 1.29 is 29.6 Å². The largest absolute Gasteiger partial charge is 0.350 e. The smallest absolute Gasteiger partial charge is 0.268 e. The first kappa shape index (κ1) is 17.0. The number of Topliss-reactive ketones (excluding diaryl/α,β-unsaturated/α-hetero) is 1. The lowest BCUT2D eigenvalue weighted by atomic mass is 10.1. The molecule has 9 nitrogen and oxygen atoms in total. The molecule has 0 aliphatic carbocycles. The minimum absolute atomic E-state index is 0.0436. The van der Waals surface area contributed by atoms with Crippen molar-refractivity contribution in [3.05, 3.63) is 0 Å². The van der Waals surface area contributed by atoms with Crippen LogP contribution in [0.15, 0.2) is 0 Å². The maximum Gasteiger partial charge on any atom is 0.268 e. The molecule has 0 aliphatic rings. The number of nitrogens with zero attached hydrogens (tertiary/aromatic N) is 2. The van der Waals surface area contributed by atoms with Crippen molar-refractivity contribution in [2.24, 2.45) is 5.92 Å². The maximum absolute atomic E-state index is 11.4. The van der Waals surface area contributed by atoms with E-state index in [1.165, 1.54) is 0 Å². The van der Waals surface area contributed by atoms with Crippen molar-refractivity contribution >= 4 is 24.0 Å². The minimum atomic E-state index is -1.02. The third-order valence-corrected chi connectivity index (χ3v) is 2.15. The molecule has 0 saturated carbocycles. The minimum Gasteiger partial charge on any atom is -0.350 e. The number of hydroxylamine groups is 4. The monoisotopic (exact) mass is 275 g/mol. The van der Waals surface area contributed by atoms with Crippen LogP contribution in [0.2, 0.25) is 0 Å². The summed E-state index contributed by atoms with van der Waals surface area (Å²) >= 11 is 0. The summed E-state index contributed by atoms with van der Waals surface area (Å²) in [6, 6.07) is 0. The molecule has 0 heterocycles. The number of nitrogens with one attached hydrogen (secondary N) is 1. The highest BCUT2D eigenvalue weighted by Gasteiger charge is 2.21. The number of carbonyl (C=O) groups is 4. The van der Waals surface area contributed by atoms with Crippen LogP contribution in [0.5, 0.6) is 0 Å². The van der Waals surface area contributed by atoms with Crippen molar-refractivity contribution in [3.63, 3.8) is 0 Å². The van der Waals surface area contributed by atoms with Gasteiger partial charge in [0.2, 0.25) is 6.41 Å². The van der Waals surface area contributed by atoms with Crippen molar-refractivity contribution in [1.82, 2.24) is 15.4 Å². The molecule has 0 rings (SSSR count). The first-order valence-corrected chi connectivity index (χ1v) is 5.47. The maximum atomic E-state index is 11.4. The number of rotatable bonds is 8. The zero-order chi connectivity index (χ0) is 15.0. The summed E-state index contributed by atoms with van der Waals surface area (Å²) in [7, 11) is 0. The van der Waals surface area contributed by atoms with Gasteiger partial charge < -0.3 is 5.32 Å². The average molecular weight is 275 g/mol. The lowest BCUT2D eigenvalue weighted by Gasteiger charge is -2.19. The normalized spacial score (nSPS) is 9.95. The Labute approximate surface area is 109 Å². The molecule has 3 N–H and O–H groups in total. The summed E-state index contributed by atoms with van der Waals surface area (Å²) < 4.78 is 0. The molecule has 0 aromatic rings. The van der Waals surface area contributed by atoms with Gasteiger partial charge in [0.05, 0.1) is 6.54 Å². The van der Waals surface area contributed by atoms with E-state index < -0.39 is 31.4 Å². The van der Waals surface area contributed by atoms with E-state index in [-0.39, 0.29) is 28.2 Å². The highest BCUT2D eigenvalue weighted by molar-refractivity contribution is 5.89. The van der Waals surface area contributed by atoms with Crippen LogP contribution < -0.4 is 5.32 Å². The molecule has 0 unspecified atom stereocenters. The fraction of sp³-hybridized carbons (Fsp3) is 0.600. The fourth-order valence-electron chi connectivity index (χ4n) is 0.937. The van der Waals surface area contributed by atoms with Gasteiger partial charge in [-0.3, -0.25) is 29.6 Å². The molecule has 0 saturated heterocycles. The third kappa shape index (κ3) is 6.48. The van der Waals surface area contributed by atoms with Gasteiger partial charge in [-0.2, -0.15) is 0 Å². The van der Waals surface area contributed by atoms with Crippen LogP contribution in [0, 0.1) is 5.92 Å². The standard InChI is InChI=1S/C10H17N3O6/c1-7(2)8(15)4-12(18)10(17)5-13(19)9(16)3-11-6-14/h6-7,18-19H,3-5H2,1-2H3,(H,11,14). The molecule has 0 aromatic heterocycles. The summed E-state index contributed by atoms with van der Waals surface area (Å²) in [5.41, 5.74) is 0. The van der Waals surface area contributed by atoms with Crippen LogP contribution in [0.4, 0.5) is 0 Å². The Hall–Kier alpha value is -2.00. The van der Waals surface area contributed by atoms with Gasteiger partial charge in [-0.1, -0.05) is 13.8 Å². The van der Waals surface area contributed by atoms with Gasteiger partial charge in [0.25, 0.3) is 11.8 Å². The molecule has 0 spiro atoms. The van der Waals surface area contributed by atoms with E-state index in [2.05, 4.69) is 0 Å². The van der Waals surface area contributed by atoms with E-state index in [9.17, 15) is 29.6 Å². The van der Waals surface area contributed by atoms with Crippen LogP contribution in [0.25, 0.3) is 0 Å². The van der Waals surface area contributed by atoms with Gasteiger partial charge in [-0.05, 0) is 0 Å². The number of hydrogen-bond donors (Lipinski definition) is 3. The van der Waals surface area contributed by atoms with Crippen LogP contribution in [-0.4, -0.2) is 64.2 Å². The van der Waals surface area contributed by atoms with E-state index in [1.807, 2.05) is 5.32 Å². The Kier molecular flexibility index (Phi) is 7.30. The predicted octanol–water partition coefficient (Wildman–Crippen LogP) is -1.61. The molecule has 0 aromatic carbocycles. The van der Waals surface area contributed by atoms with Crippen molar-refractivity contribution in [2.45, 2.75) is 13.8 Å². The highest BCUT2D eigenvalue weighted by Crippen LogP contribution is 1.97. The van der Waals surface area contributed by atoms with Gasteiger partial charge in [0.15, 0.2) is 5.78 Å². The second-order valence-corrected chi connectivity index (χ2v) is 4.02. The summed E-state index contributed by atoms with van der Waals surface area (Å²) in [6.45, 7) is 1.39. The zero-order valence-electron chi connectivity index (χ0n) is 10.7. The van der Waals surface area contributed by atoms with E-state index in [4.69, 9.17) is 0 Å². The van der Waals surface area contributed by atoms with Gasteiger partial charge >= 0.3 is 0 Å². The Balaban J connectivity index is 4.24. The number of amides is 3. The number of ketones is 1. The van der Waals surface area contributed by atoms with Gasteiger partial charge in [-0.15, -0.1) is 0 Å². The second kappa shape index (κ2) is 8.16. The van der Waals surface area contributed by atoms with Crippen LogP contribution >= 0.6 is 0 Å². The summed E-state index contributed by atoms with van der Waals surface area (Å²) in [4.78, 5) is 43.7. The van der Waals surface area contributed by atoms with Crippen molar-refractivity contribution in [1.29, 1.82) is 0 Å². The quantitative estimate of drug-likeness (QED) is 0.278. The van der Waals surface area contributed by atoms with Crippen LogP contribution in [0.1, 0.15) is 13.8 Å². The van der Waals surface area contributed by atoms with Gasteiger partial charge in [-0.25, -0.2) is 10.1 Å². The van der Waals surface area contributed by atoms with Crippen molar-refractivity contribution in [3.8, 4) is 0 Å². The predicted molar refractivity (Wildman–Crippen MR) is 60.9 cm³/mol. The molecule has 9 heteroatoms. The Morgan fingerprint density at radius 3 is 2.11 bits per heavy atom. The lowest BCUT2D eigenvalue weighted by Crippen LogP contribution is -2.44. The van der Waals surface area contributed by atoms with Gasteiger partial charge in [0.1, 0.15) is 13.1 Å². The summed E-state index contributed by atoms with van der Waals surface area (Å²) in [5, 5.41) is 20.7. The molecule has 19 heavy (non-hydrogen) atoms. The number of hydrogen-bond acceptors (Lipinski definition) is 6. The van der Waals surface area contributed by atoms with E-state index in [0.29, 0.717) is 0 Å². The molecule has 0 atom stereocenters. The first-order chi connectivity index (χ1) is 8.79. The second-order valence-electron chi connectivity index (χ2n) is 4.02. The topological polar surface area (TPSA) is 127 Å². The average Bonchev–Trinajstić information content (AvgIpc) is 2.35. The van der Waals surface area contributed by atoms with Crippen LogP contribution in [-0.2, 0) is 19.2 Å². The molecular weight excluding hydrogens is 258 g/mol. The molecule has 3 amide bonds. The van der Waals surface area contributed by atoms with E-state index in [1.54, 1.807) is 13.8 Å². The summed E-state index contributed by atoms with van der Waals surface area (Å²) in [6.07, 6.45) is 0.257. The molecule has 0 radical (unpaired) electrons. The molecule has 0 fully saturated rings. The molecule has 0 bridgehead atoms. The first-order valence-electron chi connectivity index (χ1n) is 5.47. The molecule has 108 valence electrons. The van der Waals surface area contributed by atoms with Crippen LogP contribution in [0.3, 0.4) is 0 Å².